The molecule has 1 saturated heterocycles. The van der Waals surface area contributed by atoms with Crippen molar-refractivity contribution in [1.82, 2.24) is 4.90 Å². The zero-order valence-corrected chi connectivity index (χ0v) is 22.4. The van der Waals surface area contributed by atoms with E-state index in [2.05, 4.69) is 5.32 Å². The number of nitrogens with one attached hydrogen (secondary N) is 1. The highest BCUT2D eigenvalue weighted by Gasteiger charge is 2.36. The monoisotopic (exact) mass is 558 g/mol. The number of ether oxygens (including phenoxy) is 2. The van der Waals surface area contributed by atoms with Crippen LogP contribution in [0.2, 0.25) is 5.02 Å². The molecule has 1 heterocycles. The maximum Gasteiger partial charge on any atom is 0.294 e. The standard InChI is InChI=1S/C30H23ClN2O5S/c1-37-26-15-19(13-14-25(26)38-18-21-8-3-5-11-23(21)31)16-27-29(35)33(30(36)39-27)17-28(34)32-24-12-6-9-20-7-2-4-10-22(20)24/h2-16H,17-18H2,1H3,(H,32,34)/b27-16+. The molecule has 1 aliphatic rings. The van der Waals surface area contributed by atoms with E-state index in [1.807, 2.05) is 54.6 Å². The summed E-state index contributed by atoms with van der Waals surface area (Å²) in [5, 5.41) is 4.75. The van der Waals surface area contributed by atoms with Crippen LogP contribution >= 0.6 is 23.4 Å². The first-order valence-corrected chi connectivity index (χ1v) is 13.2. The van der Waals surface area contributed by atoms with Gasteiger partial charge >= 0.3 is 0 Å². The van der Waals surface area contributed by atoms with Crippen molar-refractivity contribution in [1.29, 1.82) is 0 Å². The van der Waals surface area contributed by atoms with E-state index in [0.29, 0.717) is 27.8 Å². The Morgan fingerprint density at radius 2 is 1.74 bits per heavy atom. The van der Waals surface area contributed by atoms with E-state index < -0.39 is 17.1 Å². The van der Waals surface area contributed by atoms with Crippen LogP contribution in [0.5, 0.6) is 11.5 Å². The van der Waals surface area contributed by atoms with Gasteiger partial charge in [0.15, 0.2) is 11.5 Å². The number of halogens is 1. The summed E-state index contributed by atoms with van der Waals surface area (Å²) in [6.07, 6.45) is 1.59. The molecule has 1 N–H and O–H groups in total. The Labute approximate surface area is 234 Å². The van der Waals surface area contributed by atoms with Gasteiger partial charge in [-0.1, -0.05) is 72.3 Å². The molecule has 3 amide bonds. The molecule has 7 nitrogen and oxygen atoms in total. The summed E-state index contributed by atoms with van der Waals surface area (Å²) in [5.74, 6) is -0.0232. The number of imide groups is 1. The third-order valence-corrected chi connectivity index (χ3v) is 7.34. The minimum atomic E-state index is -0.531. The van der Waals surface area contributed by atoms with Crippen molar-refractivity contribution in [2.75, 3.05) is 19.0 Å². The zero-order chi connectivity index (χ0) is 27.4. The van der Waals surface area contributed by atoms with Crippen molar-refractivity contribution in [3.63, 3.8) is 0 Å². The molecule has 0 unspecified atom stereocenters. The largest absolute Gasteiger partial charge is 0.493 e. The third kappa shape index (κ3) is 5.92. The summed E-state index contributed by atoms with van der Waals surface area (Å²) in [7, 11) is 1.52. The minimum Gasteiger partial charge on any atom is -0.493 e. The third-order valence-electron chi connectivity index (χ3n) is 6.07. The van der Waals surface area contributed by atoms with Gasteiger partial charge < -0.3 is 14.8 Å². The van der Waals surface area contributed by atoms with Crippen molar-refractivity contribution in [2.45, 2.75) is 6.61 Å². The van der Waals surface area contributed by atoms with Crippen LogP contribution < -0.4 is 14.8 Å². The maximum atomic E-state index is 13.0. The second kappa shape index (κ2) is 11.6. The van der Waals surface area contributed by atoms with Crippen LogP contribution in [-0.2, 0) is 16.2 Å². The van der Waals surface area contributed by atoms with E-state index in [4.69, 9.17) is 21.1 Å². The van der Waals surface area contributed by atoms with E-state index >= 15 is 0 Å². The van der Waals surface area contributed by atoms with Crippen LogP contribution in [0.25, 0.3) is 16.8 Å². The number of benzene rings is 4. The molecule has 0 aromatic heterocycles. The molecular formula is C30H23ClN2O5S. The summed E-state index contributed by atoms with van der Waals surface area (Å²) >= 11 is 6.99. The molecule has 4 aromatic carbocycles. The molecule has 1 fully saturated rings. The number of hydrogen-bond acceptors (Lipinski definition) is 6. The van der Waals surface area contributed by atoms with Gasteiger partial charge in [-0.15, -0.1) is 0 Å². The van der Waals surface area contributed by atoms with Crippen LogP contribution in [0.1, 0.15) is 11.1 Å². The van der Waals surface area contributed by atoms with Crippen molar-refractivity contribution < 1.29 is 23.9 Å². The molecular weight excluding hydrogens is 536 g/mol. The van der Waals surface area contributed by atoms with Gasteiger partial charge in [0.25, 0.3) is 11.1 Å². The Morgan fingerprint density at radius 3 is 2.56 bits per heavy atom. The van der Waals surface area contributed by atoms with Crippen LogP contribution in [0.15, 0.2) is 89.8 Å². The average Bonchev–Trinajstić information content (AvgIpc) is 3.20. The summed E-state index contributed by atoms with van der Waals surface area (Å²) in [6.45, 7) is -0.127. The maximum absolute atomic E-state index is 13.0. The Balaban J connectivity index is 1.27. The van der Waals surface area contributed by atoms with E-state index in [9.17, 15) is 14.4 Å². The first kappa shape index (κ1) is 26.3. The lowest BCUT2D eigenvalue weighted by Gasteiger charge is -2.14. The predicted octanol–water partition coefficient (Wildman–Crippen LogP) is 6.76. The Hall–Kier alpha value is -4.27. The number of carbonyl (C=O) groups excluding carboxylic acids is 3. The van der Waals surface area contributed by atoms with Crippen molar-refractivity contribution in [3.8, 4) is 11.5 Å². The molecule has 196 valence electrons. The normalized spacial score (nSPS) is 14.2. The first-order chi connectivity index (χ1) is 18.9. The van der Waals surface area contributed by atoms with Crippen LogP contribution in [0.3, 0.4) is 0 Å². The molecule has 9 heteroatoms. The fourth-order valence-electron chi connectivity index (χ4n) is 4.12. The van der Waals surface area contributed by atoms with E-state index in [1.165, 1.54) is 7.11 Å². The van der Waals surface area contributed by atoms with Crippen LogP contribution in [-0.4, -0.2) is 35.6 Å². The molecule has 0 saturated carbocycles. The number of thioether (sulfide) groups is 1. The number of anilines is 1. The van der Waals surface area contributed by atoms with Gasteiger partial charge in [0.2, 0.25) is 5.91 Å². The highest BCUT2D eigenvalue weighted by molar-refractivity contribution is 8.18. The van der Waals surface area contributed by atoms with Crippen molar-refractivity contribution >= 4 is 63.0 Å². The first-order valence-electron chi connectivity index (χ1n) is 12.0. The Kier molecular flexibility index (Phi) is 7.86. The molecule has 0 aliphatic carbocycles. The van der Waals surface area contributed by atoms with Gasteiger partial charge in [0.1, 0.15) is 13.2 Å². The minimum absolute atomic E-state index is 0.213. The number of rotatable bonds is 8. The van der Waals surface area contributed by atoms with Crippen molar-refractivity contribution in [3.05, 3.63) is 106 Å². The molecule has 0 radical (unpaired) electrons. The second-order valence-electron chi connectivity index (χ2n) is 8.63. The molecule has 39 heavy (non-hydrogen) atoms. The number of nitrogens with zero attached hydrogens (tertiary/aromatic N) is 1. The number of amides is 3. The lowest BCUT2D eigenvalue weighted by molar-refractivity contribution is -0.127. The predicted molar refractivity (Wildman–Crippen MR) is 154 cm³/mol. The van der Waals surface area contributed by atoms with Gasteiger partial charge in [0, 0.05) is 21.7 Å². The summed E-state index contributed by atoms with van der Waals surface area (Å²) in [4.78, 5) is 39.5. The number of fused-ring (bicyclic) bond motifs is 1. The van der Waals surface area contributed by atoms with Gasteiger partial charge in [-0.05, 0) is 53.1 Å². The number of methoxy groups -OCH3 is 1. The zero-order valence-electron chi connectivity index (χ0n) is 20.8. The second-order valence-corrected chi connectivity index (χ2v) is 10.0. The fourth-order valence-corrected chi connectivity index (χ4v) is 5.15. The summed E-state index contributed by atoms with van der Waals surface area (Å²) in [5.41, 5.74) is 2.09. The van der Waals surface area contributed by atoms with Gasteiger partial charge in [0.05, 0.1) is 12.0 Å². The van der Waals surface area contributed by atoms with Gasteiger partial charge in [-0.25, -0.2) is 0 Å². The van der Waals surface area contributed by atoms with Crippen LogP contribution in [0, 0.1) is 0 Å². The number of carbonyl (C=O) groups is 3. The molecule has 0 spiro atoms. The van der Waals surface area contributed by atoms with E-state index in [-0.39, 0.29) is 18.1 Å². The molecule has 0 atom stereocenters. The van der Waals surface area contributed by atoms with Gasteiger partial charge in [-0.2, -0.15) is 0 Å². The van der Waals surface area contributed by atoms with Crippen molar-refractivity contribution in [2.24, 2.45) is 0 Å². The molecule has 5 rings (SSSR count). The highest BCUT2D eigenvalue weighted by Crippen LogP contribution is 2.35. The number of hydrogen-bond donors (Lipinski definition) is 1. The fraction of sp³-hybridized carbons (Fsp3) is 0.100. The molecule has 0 bridgehead atoms. The average molecular weight is 559 g/mol. The Bertz CT molecular complexity index is 1620. The van der Waals surface area contributed by atoms with Gasteiger partial charge in [-0.3, -0.25) is 19.3 Å². The SMILES string of the molecule is COc1cc(/C=C2/SC(=O)N(CC(=O)Nc3cccc4ccccc34)C2=O)ccc1OCc1ccccc1Cl. The summed E-state index contributed by atoms with van der Waals surface area (Å²) in [6, 6.07) is 25.8. The smallest absolute Gasteiger partial charge is 0.294 e. The molecule has 4 aromatic rings. The van der Waals surface area contributed by atoms with E-state index in [1.54, 1.807) is 36.4 Å². The molecule has 1 aliphatic heterocycles. The lowest BCUT2D eigenvalue weighted by Crippen LogP contribution is -2.36. The Morgan fingerprint density at radius 1 is 0.974 bits per heavy atom. The summed E-state index contributed by atoms with van der Waals surface area (Å²) < 4.78 is 11.4. The quantitative estimate of drug-likeness (QED) is 0.241. The topological polar surface area (TPSA) is 84.9 Å². The van der Waals surface area contributed by atoms with Crippen LogP contribution in [0.4, 0.5) is 10.5 Å². The lowest BCUT2D eigenvalue weighted by atomic mass is 10.1. The van der Waals surface area contributed by atoms with E-state index in [0.717, 1.165) is 33.0 Å². The highest BCUT2D eigenvalue weighted by atomic mass is 35.5.